The van der Waals surface area contributed by atoms with Gasteiger partial charge in [0.25, 0.3) is 0 Å². The van der Waals surface area contributed by atoms with Crippen LogP contribution in [0.25, 0.3) is 0 Å². The number of hydrogen-bond donors (Lipinski definition) is 2. The summed E-state index contributed by atoms with van der Waals surface area (Å²) in [6.07, 6.45) is 4.10. The minimum absolute atomic E-state index is 0.0494. The van der Waals surface area contributed by atoms with Gasteiger partial charge < -0.3 is 4.90 Å². The van der Waals surface area contributed by atoms with Crippen molar-refractivity contribution >= 4 is 20.1 Å². The molecule has 0 spiro atoms. The van der Waals surface area contributed by atoms with E-state index < -0.39 is 28.7 Å². The van der Waals surface area contributed by atoms with E-state index in [1.807, 2.05) is 30.3 Å². The number of para-hydroxylation sites is 1. The van der Waals surface area contributed by atoms with Gasteiger partial charge in [0.05, 0.1) is 0 Å². The van der Waals surface area contributed by atoms with Crippen molar-refractivity contribution in [3.8, 4) is 0 Å². The predicted octanol–water partition coefficient (Wildman–Crippen LogP) is 1.13. The van der Waals surface area contributed by atoms with Gasteiger partial charge in [0.15, 0.2) is 0 Å². The molecule has 1 fully saturated rings. The first-order valence-corrected chi connectivity index (χ1v) is 13.4. The summed E-state index contributed by atoms with van der Waals surface area (Å²) < 4.78 is 3.36. The maximum atomic E-state index is 12.8. The average molecular weight is 479 g/mol. The summed E-state index contributed by atoms with van der Waals surface area (Å²) in [5.41, 5.74) is 5.07. The quantitative estimate of drug-likeness (QED) is 0.385. The van der Waals surface area contributed by atoms with Crippen LogP contribution in [0.2, 0.25) is 0 Å². The Hall–Kier alpha value is -1.93. The number of allylic oxidation sites excluding steroid dienone is 3. The Kier molecular flexibility index (Phi) is 5.78. The molecule has 0 saturated carbocycles. The number of amides is 1. The first kappa shape index (κ1) is 20.0. The number of piperazine rings is 1. The minimum atomic E-state index is -1.06. The summed E-state index contributed by atoms with van der Waals surface area (Å²) in [6.45, 7) is 5.67. The zero-order valence-corrected chi connectivity index (χ0v) is 19.9. The monoisotopic (exact) mass is 479 g/mol. The fourth-order valence-electron chi connectivity index (χ4n) is 4.12. The number of nitrogens with zero attached hydrogens (tertiary/aromatic N) is 3. The molecule has 1 aromatic carbocycles. The van der Waals surface area contributed by atoms with Gasteiger partial charge in [-0.05, 0) is 7.05 Å². The first-order chi connectivity index (χ1) is 14.7. The van der Waals surface area contributed by atoms with Crippen molar-refractivity contribution in [2.75, 3.05) is 51.7 Å². The van der Waals surface area contributed by atoms with Crippen molar-refractivity contribution in [1.82, 2.24) is 15.1 Å². The Bertz CT molecular complexity index is 1030. The molecule has 8 heteroatoms. The fraction of sp³-hybridized carbons (Fsp3) is 0.318. The van der Waals surface area contributed by atoms with E-state index in [1.165, 1.54) is 0 Å². The van der Waals surface area contributed by atoms with Gasteiger partial charge >= 0.3 is 180 Å². The third-order valence-corrected chi connectivity index (χ3v) is 8.81. The molecule has 4 aliphatic rings. The van der Waals surface area contributed by atoms with E-state index in [4.69, 9.17) is 4.84 Å². The van der Waals surface area contributed by atoms with Crippen molar-refractivity contribution in [3.05, 3.63) is 61.3 Å². The maximum absolute atomic E-state index is 12.8. The van der Waals surface area contributed by atoms with Gasteiger partial charge in [-0.25, -0.2) is 0 Å². The molecule has 4 aliphatic heterocycles. The van der Waals surface area contributed by atoms with Gasteiger partial charge in [0, 0.05) is 0 Å². The summed E-state index contributed by atoms with van der Waals surface area (Å²) in [6, 6.07) is 7.99. The van der Waals surface area contributed by atoms with E-state index >= 15 is 0 Å². The summed E-state index contributed by atoms with van der Waals surface area (Å²) in [5.74, 6) is -0.0494. The third-order valence-electron chi connectivity index (χ3n) is 5.85. The van der Waals surface area contributed by atoms with E-state index in [0.717, 1.165) is 57.8 Å². The SMILES string of the molecule is CN1CCN(CCO/N=C2/C(=C3/C(=O)N[C]4=C3C=C[CH]=[Y]4)Nc3ccccc32)CC1. The Labute approximate surface area is 190 Å². The molecule has 0 radical (unpaired) electrons. The van der Waals surface area contributed by atoms with Gasteiger partial charge in [-0.2, -0.15) is 0 Å². The summed E-state index contributed by atoms with van der Waals surface area (Å²) in [4.78, 5) is 23.3. The molecule has 0 aromatic heterocycles. The number of oxime groups is 1. The molecular formula is C22H24N5O2Y. The zero-order valence-electron chi connectivity index (χ0n) is 17.0. The van der Waals surface area contributed by atoms with Gasteiger partial charge in [-0.1, -0.05) is 0 Å². The Balaban J connectivity index is 1.40. The number of fused-ring (bicyclic) bond motifs is 1. The number of anilines is 1. The van der Waals surface area contributed by atoms with E-state index in [-0.39, 0.29) is 5.91 Å². The molecule has 0 aliphatic carbocycles. The van der Waals surface area contributed by atoms with Crippen molar-refractivity contribution in [1.29, 1.82) is 0 Å². The van der Waals surface area contributed by atoms with E-state index in [0.29, 0.717) is 17.9 Å². The van der Waals surface area contributed by atoms with Gasteiger partial charge in [0.1, 0.15) is 0 Å². The standard InChI is InChI=1S/C22H24N5O2.Y/c1-3-6-16-15-23-22(28)19(16)21-20(17-7-4-5-8-18(17)24-21)25-29-14-13-27-11-9-26(2)10-12-27;/h1,3-8,24H,9-14H2,2H3,(H,23,28);/b6-3?,21-19-,25-20+;. The molecule has 0 bridgehead atoms. The Morgan fingerprint density at radius 2 is 2.00 bits per heavy atom. The molecular weight excluding hydrogens is 455 g/mol. The zero-order chi connectivity index (χ0) is 20.5. The van der Waals surface area contributed by atoms with Crippen molar-refractivity contribution in [3.63, 3.8) is 0 Å². The van der Waals surface area contributed by atoms with Gasteiger partial charge in [0.2, 0.25) is 0 Å². The van der Waals surface area contributed by atoms with E-state index in [9.17, 15) is 4.79 Å². The third kappa shape index (κ3) is 3.87. The van der Waals surface area contributed by atoms with Gasteiger partial charge in [-0.3, -0.25) is 0 Å². The first-order valence-electron chi connectivity index (χ1n) is 10.3. The number of nitrogens with one attached hydrogen (secondary N) is 2. The number of hydrogen-bond acceptors (Lipinski definition) is 6. The van der Waals surface area contributed by atoms with Crippen LogP contribution in [0.4, 0.5) is 5.69 Å². The molecule has 0 atom stereocenters. The predicted molar refractivity (Wildman–Crippen MR) is 114 cm³/mol. The fourth-order valence-corrected chi connectivity index (χ4v) is 6.70. The average Bonchev–Trinajstić information content (AvgIpc) is 3.28. The Morgan fingerprint density at radius 1 is 1.17 bits per heavy atom. The molecule has 7 nitrogen and oxygen atoms in total. The van der Waals surface area contributed by atoms with Crippen molar-refractivity contribution in [2.45, 2.75) is 0 Å². The van der Waals surface area contributed by atoms with Crippen LogP contribution >= 0.6 is 0 Å². The molecule has 1 saturated heterocycles. The summed E-state index contributed by atoms with van der Waals surface area (Å²) in [5, 5.41) is 11.0. The molecule has 0 unspecified atom stereocenters. The number of rotatable bonds is 4. The number of carbonyl (C=O) groups is 1. The molecule has 152 valence electrons. The summed E-state index contributed by atoms with van der Waals surface area (Å²) >= 11 is -1.06. The van der Waals surface area contributed by atoms with Crippen LogP contribution in [0.1, 0.15) is 5.56 Å². The van der Waals surface area contributed by atoms with Crippen LogP contribution in [0.15, 0.2) is 60.9 Å². The van der Waals surface area contributed by atoms with Crippen molar-refractivity contribution < 1.29 is 38.3 Å². The molecule has 30 heavy (non-hydrogen) atoms. The van der Waals surface area contributed by atoms with Crippen LogP contribution in [0.3, 0.4) is 0 Å². The summed E-state index contributed by atoms with van der Waals surface area (Å²) in [7, 11) is 2.16. The topological polar surface area (TPSA) is 69.2 Å². The second kappa shape index (κ2) is 8.67. The number of benzene rings is 1. The van der Waals surface area contributed by atoms with Crippen LogP contribution in [-0.4, -0.2) is 70.6 Å². The van der Waals surface area contributed by atoms with Crippen LogP contribution in [0, 0.1) is 0 Å². The number of carbonyl (C=O) groups excluding carboxylic acids is 1. The van der Waals surface area contributed by atoms with Crippen LogP contribution in [0.5, 0.6) is 0 Å². The second-order valence-electron chi connectivity index (χ2n) is 7.84. The molecule has 4 heterocycles. The van der Waals surface area contributed by atoms with Crippen LogP contribution < -0.4 is 10.6 Å². The molecule has 1 amide bonds. The van der Waals surface area contributed by atoms with Gasteiger partial charge in [-0.15, -0.1) is 0 Å². The molecule has 5 rings (SSSR count). The second-order valence-corrected chi connectivity index (χ2v) is 11.0. The van der Waals surface area contributed by atoms with Crippen LogP contribution in [-0.2, 0) is 38.3 Å². The van der Waals surface area contributed by atoms with E-state index in [1.54, 1.807) is 0 Å². The van der Waals surface area contributed by atoms with E-state index in [2.05, 4.69) is 41.5 Å². The van der Waals surface area contributed by atoms with Crippen molar-refractivity contribution in [2.24, 2.45) is 5.16 Å². The molecule has 2 N–H and O–H groups in total. The number of likely N-dealkylation sites (N-methyl/N-ethyl adjacent to an activating group) is 1. The molecule has 1 aromatic rings. The Morgan fingerprint density at radius 3 is 2.87 bits per heavy atom. The normalized spacial score (nSPS) is 24.6.